The minimum Gasteiger partial charge on any atom is -0.323 e. The van der Waals surface area contributed by atoms with Crippen LogP contribution in [-0.2, 0) is 15.0 Å². The summed E-state index contributed by atoms with van der Waals surface area (Å²) in [6, 6.07) is -0.494. The Labute approximate surface area is 130 Å². The van der Waals surface area contributed by atoms with Gasteiger partial charge in [0.25, 0.3) is 16.1 Å². The lowest BCUT2D eigenvalue weighted by Crippen LogP contribution is -2.58. The van der Waals surface area contributed by atoms with Crippen LogP contribution in [0.1, 0.15) is 32.6 Å². The molecule has 1 atom stereocenters. The molecule has 22 heavy (non-hydrogen) atoms. The van der Waals surface area contributed by atoms with Crippen molar-refractivity contribution in [3.05, 3.63) is 0 Å². The van der Waals surface area contributed by atoms with Gasteiger partial charge >= 0.3 is 6.03 Å². The molecule has 124 valence electrons. The maximum Gasteiger partial charge on any atom is 0.322 e. The summed E-state index contributed by atoms with van der Waals surface area (Å²) in [5.74, 6) is 0.0284. The summed E-state index contributed by atoms with van der Waals surface area (Å²) in [4.78, 5) is 23.2. The van der Waals surface area contributed by atoms with Gasteiger partial charge in [-0.3, -0.25) is 10.1 Å². The summed E-state index contributed by atoms with van der Waals surface area (Å²) in [6.07, 6.45) is 2.57. The van der Waals surface area contributed by atoms with Gasteiger partial charge in [0, 0.05) is 26.2 Å². The maximum atomic E-state index is 12.7. The number of amides is 3. The Morgan fingerprint density at radius 1 is 1.14 bits per heavy atom. The molecule has 3 amide bonds. The van der Waals surface area contributed by atoms with Crippen molar-refractivity contribution in [1.82, 2.24) is 19.2 Å². The number of imide groups is 1. The average molecular weight is 330 g/mol. The Bertz CT molecular complexity index is 583. The summed E-state index contributed by atoms with van der Waals surface area (Å²) in [7, 11) is -3.47. The highest BCUT2D eigenvalue weighted by atomic mass is 32.2. The number of nitrogens with zero attached hydrogens (tertiary/aromatic N) is 2. The topological polar surface area (TPSA) is 98.8 Å². The van der Waals surface area contributed by atoms with Crippen LogP contribution in [-0.4, -0.2) is 60.7 Å². The molecule has 3 aliphatic heterocycles. The van der Waals surface area contributed by atoms with Gasteiger partial charge in [-0.1, -0.05) is 6.92 Å². The first-order valence-corrected chi connectivity index (χ1v) is 9.12. The van der Waals surface area contributed by atoms with Crippen molar-refractivity contribution in [3.63, 3.8) is 0 Å². The summed E-state index contributed by atoms with van der Waals surface area (Å²) < 4.78 is 28.4. The predicted molar refractivity (Wildman–Crippen MR) is 79.1 cm³/mol. The van der Waals surface area contributed by atoms with E-state index in [-0.39, 0.29) is 19.0 Å². The van der Waals surface area contributed by atoms with Crippen LogP contribution >= 0.6 is 0 Å². The predicted octanol–water partition coefficient (Wildman–Crippen LogP) is -0.363. The Kier molecular flexibility index (Phi) is 3.90. The fourth-order valence-corrected chi connectivity index (χ4v) is 5.27. The largest absolute Gasteiger partial charge is 0.323 e. The number of urea groups is 1. The second kappa shape index (κ2) is 5.47. The lowest BCUT2D eigenvalue weighted by Gasteiger charge is -2.40. The minimum absolute atomic E-state index is 0.251. The lowest BCUT2D eigenvalue weighted by atomic mass is 9.89. The molecule has 0 aliphatic carbocycles. The molecule has 0 aromatic heterocycles. The Balaban J connectivity index is 1.68. The molecule has 1 spiro atoms. The smallest absolute Gasteiger partial charge is 0.322 e. The van der Waals surface area contributed by atoms with Gasteiger partial charge in [-0.2, -0.15) is 17.0 Å². The zero-order valence-corrected chi connectivity index (χ0v) is 13.5. The highest BCUT2D eigenvalue weighted by Gasteiger charge is 2.49. The Morgan fingerprint density at radius 3 is 2.36 bits per heavy atom. The Morgan fingerprint density at radius 2 is 1.82 bits per heavy atom. The molecule has 3 rings (SSSR count). The second-order valence-electron chi connectivity index (χ2n) is 6.50. The third-order valence-electron chi connectivity index (χ3n) is 4.86. The van der Waals surface area contributed by atoms with E-state index in [1.807, 2.05) is 0 Å². The fraction of sp³-hybridized carbons (Fsp3) is 0.846. The van der Waals surface area contributed by atoms with E-state index in [0.29, 0.717) is 31.8 Å². The van der Waals surface area contributed by atoms with Crippen LogP contribution in [0.15, 0.2) is 0 Å². The molecule has 9 heteroatoms. The third-order valence-corrected chi connectivity index (χ3v) is 6.86. The number of piperidine rings is 2. The van der Waals surface area contributed by atoms with Crippen LogP contribution in [0.2, 0.25) is 0 Å². The van der Waals surface area contributed by atoms with Crippen LogP contribution in [0.3, 0.4) is 0 Å². The molecule has 8 nitrogen and oxygen atoms in total. The number of hydrogen-bond acceptors (Lipinski definition) is 4. The van der Waals surface area contributed by atoms with E-state index in [4.69, 9.17) is 0 Å². The molecule has 3 fully saturated rings. The normalized spacial score (nSPS) is 30.3. The van der Waals surface area contributed by atoms with Gasteiger partial charge in [-0.05, 0) is 31.6 Å². The van der Waals surface area contributed by atoms with E-state index in [0.717, 1.165) is 12.8 Å². The highest BCUT2D eigenvalue weighted by molar-refractivity contribution is 7.86. The van der Waals surface area contributed by atoms with E-state index in [1.165, 1.54) is 4.31 Å². The van der Waals surface area contributed by atoms with Gasteiger partial charge in [-0.25, -0.2) is 4.79 Å². The van der Waals surface area contributed by atoms with Crippen molar-refractivity contribution >= 4 is 22.1 Å². The van der Waals surface area contributed by atoms with Crippen molar-refractivity contribution in [3.8, 4) is 0 Å². The van der Waals surface area contributed by atoms with Gasteiger partial charge in [0.2, 0.25) is 0 Å². The van der Waals surface area contributed by atoms with E-state index in [1.54, 1.807) is 4.31 Å². The van der Waals surface area contributed by atoms with Gasteiger partial charge < -0.3 is 5.32 Å². The van der Waals surface area contributed by atoms with Crippen LogP contribution in [0.25, 0.3) is 0 Å². The molecular weight excluding hydrogens is 308 g/mol. The number of carbonyl (C=O) groups is 2. The van der Waals surface area contributed by atoms with E-state index in [2.05, 4.69) is 17.6 Å². The third kappa shape index (κ3) is 2.61. The zero-order valence-electron chi connectivity index (χ0n) is 12.7. The van der Waals surface area contributed by atoms with Crippen LogP contribution in [0.4, 0.5) is 4.79 Å². The molecule has 3 saturated heterocycles. The lowest BCUT2D eigenvalue weighted by molar-refractivity contribution is -0.125. The number of carbonyl (C=O) groups excluding carboxylic acids is 2. The summed E-state index contributed by atoms with van der Waals surface area (Å²) >= 11 is 0. The number of nitrogens with one attached hydrogen (secondary N) is 2. The molecular formula is C13H22N4O4S. The highest BCUT2D eigenvalue weighted by Crippen LogP contribution is 2.29. The van der Waals surface area contributed by atoms with E-state index >= 15 is 0 Å². The summed E-state index contributed by atoms with van der Waals surface area (Å²) in [6.45, 7) is 3.68. The van der Waals surface area contributed by atoms with E-state index < -0.39 is 21.8 Å². The van der Waals surface area contributed by atoms with Gasteiger partial charge in [0.05, 0.1) is 0 Å². The average Bonchev–Trinajstić information content (AvgIpc) is 2.73. The quantitative estimate of drug-likeness (QED) is 0.675. The summed E-state index contributed by atoms with van der Waals surface area (Å²) in [5, 5.41) is 4.88. The first-order chi connectivity index (χ1) is 10.3. The molecule has 3 heterocycles. The first-order valence-electron chi connectivity index (χ1n) is 7.72. The van der Waals surface area contributed by atoms with Crippen molar-refractivity contribution < 1.29 is 18.0 Å². The second-order valence-corrected chi connectivity index (χ2v) is 8.43. The van der Waals surface area contributed by atoms with Crippen LogP contribution in [0, 0.1) is 5.92 Å². The molecule has 0 radical (unpaired) electrons. The van der Waals surface area contributed by atoms with Gasteiger partial charge in [0.15, 0.2) is 0 Å². The maximum absolute atomic E-state index is 12.7. The molecule has 0 aromatic carbocycles. The SMILES string of the molecule is CC1CCCN(S(=O)(=O)N2CCC3(CC2)NC(=O)NC3=O)C1. The van der Waals surface area contributed by atoms with Gasteiger partial charge in [-0.15, -0.1) is 0 Å². The number of rotatable bonds is 2. The molecule has 1 unspecified atom stereocenters. The molecule has 0 aromatic rings. The molecule has 0 bridgehead atoms. The number of hydrogen-bond donors (Lipinski definition) is 2. The monoisotopic (exact) mass is 330 g/mol. The van der Waals surface area contributed by atoms with Crippen molar-refractivity contribution in [1.29, 1.82) is 0 Å². The molecule has 2 N–H and O–H groups in total. The van der Waals surface area contributed by atoms with E-state index in [9.17, 15) is 18.0 Å². The fourth-order valence-electron chi connectivity index (χ4n) is 3.50. The molecule has 3 aliphatic rings. The minimum atomic E-state index is -3.47. The van der Waals surface area contributed by atoms with Crippen LogP contribution < -0.4 is 10.6 Å². The first kappa shape index (κ1) is 15.7. The standard InChI is InChI=1S/C13H22N4O4S/c1-10-3-2-6-17(9-10)22(20,21)16-7-4-13(5-8-16)11(18)14-12(19)15-13/h10H,2-9H2,1H3,(H2,14,15,18,19). The zero-order chi connectivity index (χ0) is 16.0. The van der Waals surface area contributed by atoms with Crippen molar-refractivity contribution in [2.75, 3.05) is 26.2 Å². The van der Waals surface area contributed by atoms with Crippen molar-refractivity contribution in [2.45, 2.75) is 38.1 Å². The van der Waals surface area contributed by atoms with Crippen LogP contribution in [0.5, 0.6) is 0 Å². The Hall–Kier alpha value is -1.19. The summed E-state index contributed by atoms with van der Waals surface area (Å²) in [5.41, 5.74) is -0.932. The molecule has 0 saturated carbocycles. The van der Waals surface area contributed by atoms with Crippen molar-refractivity contribution in [2.24, 2.45) is 5.92 Å². The van der Waals surface area contributed by atoms with Gasteiger partial charge in [0.1, 0.15) is 5.54 Å².